The number of esters is 1. The van der Waals surface area contributed by atoms with Crippen molar-refractivity contribution in [2.75, 3.05) is 0 Å². The van der Waals surface area contributed by atoms with E-state index in [-0.39, 0.29) is 29.3 Å². The van der Waals surface area contributed by atoms with Gasteiger partial charge in [0, 0.05) is 17.4 Å². The Morgan fingerprint density at radius 3 is 2.67 bits per heavy atom. The maximum Gasteiger partial charge on any atom is 0.334 e. The van der Waals surface area contributed by atoms with Gasteiger partial charge in [0.1, 0.15) is 6.10 Å². The van der Waals surface area contributed by atoms with Crippen LogP contribution in [0.15, 0.2) is 47.6 Å². The highest BCUT2D eigenvalue weighted by atomic mass is 16.6. The standard InChI is InChI=1S/C32H48O4/c1-7-8-11-25-21(4)31(35)36-29(25)17-19(2)26-14-15-27-23(10-9-16-32(26,27)6)12-13-24-18-28(33)22(5)30(34)20(24)3/h12-13,19,22,25-30,33-34H,3-4,7-11,14-18H2,1-2,5-6H3/b23-12-,24-13+/t19?,22?,25?,26-,27+,28?,29?,30?,32-/m1/s1. The third-order valence-corrected chi connectivity index (χ3v) is 10.4. The molecule has 0 radical (unpaired) electrons. The lowest BCUT2D eigenvalue weighted by Gasteiger charge is -2.45. The molecule has 4 nitrogen and oxygen atoms in total. The average Bonchev–Trinajstić information content (AvgIpc) is 3.33. The Morgan fingerprint density at radius 1 is 1.19 bits per heavy atom. The van der Waals surface area contributed by atoms with E-state index in [1.165, 1.54) is 31.3 Å². The number of ether oxygens (including phenoxy) is 1. The molecular weight excluding hydrogens is 448 g/mol. The van der Waals surface area contributed by atoms with Gasteiger partial charge in [-0.05, 0) is 85.7 Å². The number of cyclic esters (lactones) is 1. The number of aliphatic hydroxyl groups is 2. The summed E-state index contributed by atoms with van der Waals surface area (Å²) in [4.78, 5) is 12.3. The molecule has 0 aromatic rings. The van der Waals surface area contributed by atoms with Crippen molar-refractivity contribution in [2.24, 2.45) is 35.0 Å². The van der Waals surface area contributed by atoms with E-state index in [2.05, 4.69) is 46.1 Å². The molecule has 200 valence electrons. The van der Waals surface area contributed by atoms with Crippen LogP contribution in [0.3, 0.4) is 0 Å². The van der Waals surface area contributed by atoms with Crippen LogP contribution in [0.2, 0.25) is 0 Å². The summed E-state index contributed by atoms with van der Waals surface area (Å²) in [5.41, 5.74) is 4.20. The van der Waals surface area contributed by atoms with Gasteiger partial charge in [-0.2, -0.15) is 0 Å². The zero-order chi connectivity index (χ0) is 26.2. The van der Waals surface area contributed by atoms with Crippen LogP contribution in [0, 0.1) is 35.0 Å². The van der Waals surface area contributed by atoms with Gasteiger partial charge in [0.15, 0.2) is 0 Å². The molecule has 0 spiro atoms. The molecular formula is C32H48O4. The number of hydrogen-bond donors (Lipinski definition) is 2. The van der Waals surface area contributed by atoms with Crippen LogP contribution in [-0.4, -0.2) is 34.5 Å². The molecule has 9 atom stereocenters. The molecule has 36 heavy (non-hydrogen) atoms. The third-order valence-electron chi connectivity index (χ3n) is 10.4. The van der Waals surface area contributed by atoms with Gasteiger partial charge in [-0.1, -0.05) is 71.4 Å². The van der Waals surface area contributed by atoms with Crippen LogP contribution in [0.5, 0.6) is 0 Å². The van der Waals surface area contributed by atoms with E-state index in [9.17, 15) is 15.0 Å². The minimum Gasteiger partial charge on any atom is -0.458 e. The van der Waals surface area contributed by atoms with E-state index in [0.717, 1.165) is 43.3 Å². The van der Waals surface area contributed by atoms with Gasteiger partial charge in [-0.3, -0.25) is 0 Å². The zero-order valence-electron chi connectivity index (χ0n) is 23.0. The van der Waals surface area contributed by atoms with Crippen molar-refractivity contribution in [1.29, 1.82) is 0 Å². The van der Waals surface area contributed by atoms with Gasteiger partial charge in [0.25, 0.3) is 0 Å². The van der Waals surface area contributed by atoms with Gasteiger partial charge in [-0.25, -0.2) is 4.79 Å². The molecule has 3 saturated carbocycles. The fraction of sp³-hybridized carbons (Fsp3) is 0.719. The summed E-state index contributed by atoms with van der Waals surface area (Å²) in [6, 6.07) is 0. The Labute approximate surface area is 218 Å². The van der Waals surface area contributed by atoms with Crippen molar-refractivity contribution in [2.45, 2.75) is 110 Å². The Hall–Kier alpha value is -1.65. The van der Waals surface area contributed by atoms with Gasteiger partial charge < -0.3 is 14.9 Å². The number of hydrogen-bond acceptors (Lipinski definition) is 4. The predicted molar refractivity (Wildman–Crippen MR) is 145 cm³/mol. The molecule has 4 rings (SSSR count). The van der Waals surface area contributed by atoms with E-state index >= 15 is 0 Å². The van der Waals surface area contributed by atoms with E-state index in [1.54, 1.807) is 0 Å². The summed E-state index contributed by atoms with van der Waals surface area (Å²) in [5, 5.41) is 20.8. The number of fused-ring (bicyclic) bond motifs is 1. The first-order valence-electron chi connectivity index (χ1n) is 14.4. The van der Waals surface area contributed by atoms with Crippen LogP contribution in [0.4, 0.5) is 0 Å². The van der Waals surface area contributed by atoms with Crippen molar-refractivity contribution >= 4 is 5.97 Å². The molecule has 0 aromatic carbocycles. The molecule has 3 aliphatic carbocycles. The second-order valence-corrected chi connectivity index (χ2v) is 12.6. The second kappa shape index (κ2) is 11.0. The number of unbranched alkanes of at least 4 members (excludes halogenated alkanes) is 1. The Kier molecular flexibility index (Phi) is 8.36. The number of rotatable bonds is 7. The van der Waals surface area contributed by atoms with Crippen molar-refractivity contribution in [3.05, 3.63) is 47.6 Å². The maximum atomic E-state index is 12.3. The number of carbonyl (C=O) groups is 1. The highest BCUT2D eigenvalue weighted by molar-refractivity contribution is 5.90. The second-order valence-electron chi connectivity index (χ2n) is 12.6. The van der Waals surface area contributed by atoms with Gasteiger partial charge in [0.2, 0.25) is 0 Å². The highest BCUT2D eigenvalue weighted by Crippen LogP contribution is 2.60. The van der Waals surface area contributed by atoms with Crippen LogP contribution < -0.4 is 0 Å². The zero-order valence-corrected chi connectivity index (χ0v) is 23.0. The molecule has 2 N–H and O–H groups in total. The van der Waals surface area contributed by atoms with E-state index in [4.69, 9.17) is 4.74 Å². The molecule has 4 aliphatic rings. The quantitative estimate of drug-likeness (QED) is 0.304. The SMILES string of the molecule is C=C1/C(=C/C=C2/CCC[C@]3(C)[C@@H](C(C)CC4OC(=O)C(=C)C4CCCC)CC[C@@H]23)CC(O)C(C)C1O. The summed E-state index contributed by atoms with van der Waals surface area (Å²) in [5.74, 6) is 1.50. The highest BCUT2D eigenvalue weighted by Gasteiger charge is 2.51. The molecule has 1 saturated heterocycles. The summed E-state index contributed by atoms with van der Waals surface area (Å²) in [6.45, 7) is 17.1. The Morgan fingerprint density at radius 2 is 1.94 bits per heavy atom. The van der Waals surface area contributed by atoms with Crippen LogP contribution in [0.25, 0.3) is 0 Å². The monoisotopic (exact) mass is 496 g/mol. The van der Waals surface area contributed by atoms with Crippen LogP contribution in [0.1, 0.15) is 91.9 Å². The smallest absolute Gasteiger partial charge is 0.334 e. The lowest BCUT2D eigenvalue weighted by Crippen LogP contribution is -2.37. The first-order chi connectivity index (χ1) is 17.1. The molecule has 0 bridgehead atoms. The van der Waals surface area contributed by atoms with Crippen LogP contribution in [-0.2, 0) is 9.53 Å². The molecule has 6 unspecified atom stereocenters. The fourth-order valence-electron chi connectivity index (χ4n) is 8.06. The molecule has 1 heterocycles. The summed E-state index contributed by atoms with van der Waals surface area (Å²) in [7, 11) is 0. The normalized spacial score (nSPS) is 42.2. The Balaban J connectivity index is 1.47. The first kappa shape index (κ1) is 27.4. The predicted octanol–water partition coefficient (Wildman–Crippen LogP) is 6.69. The summed E-state index contributed by atoms with van der Waals surface area (Å²) < 4.78 is 5.84. The molecule has 0 amide bonds. The van der Waals surface area contributed by atoms with Gasteiger partial charge in [0.05, 0.1) is 12.2 Å². The fourth-order valence-corrected chi connectivity index (χ4v) is 8.06. The van der Waals surface area contributed by atoms with Crippen molar-refractivity contribution < 1.29 is 19.7 Å². The largest absolute Gasteiger partial charge is 0.458 e. The minimum absolute atomic E-state index is 0.0184. The molecule has 4 fully saturated rings. The lowest BCUT2D eigenvalue weighted by atomic mass is 9.60. The number of aliphatic hydroxyl groups excluding tert-OH is 2. The average molecular weight is 497 g/mol. The van der Waals surface area contributed by atoms with Gasteiger partial charge in [-0.15, -0.1) is 0 Å². The van der Waals surface area contributed by atoms with Crippen LogP contribution >= 0.6 is 0 Å². The summed E-state index contributed by atoms with van der Waals surface area (Å²) in [6.07, 6.45) is 13.9. The molecule has 0 aromatic heterocycles. The van der Waals surface area contributed by atoms with Crippen molar-refractivity contribution in [1.82, 2.24) is 0 Å². The maximum absolute atomic E-state index is 12.3. The van der Waals surface area contributed by atoms with Crippen molar-refractivity contribution in [3.8, 4) is 0 Å². The third kappa shape index (κ3) is 5.05. The topological polar surface area (TPSA) is 66.8 Å². The molecule has 1 aliphatic heterocycles. The van der Waals surface area contributed by atoms with E-state index in [0.29, 0.717) is 29.7 Å². The van der Waals surface area contributed by atoms with Gasteiger partial charge >= 0.3 is 5.97 Å². The summed E-state index contributed by atoms with van der Waals surface area (Å²) >= 11 is 0. The lowest BCUT2D eigenvalue weighted by molar-refractivity contribution is -0.140. The Bertz CT molecular complexity index is 928. The van der Waals surface area contributed by atoms with E-state index in [1.807, 2.05) is 6.92 Å². The van der Waals surface area contributed by atoms with Crippen molar-refractivity contribution in [3.63, 3.8) is 0 Å². The first-order valence-corrected chi connectivity index (χ1v) is 14.4. The van der Waals surface area contributed by atoms with E-state index < -0.39 is 12.2 Å². The number of carbonyl (C=O) groups excluding carboxylic acids is 1. The minimum atomic E-state index is -0.673. The number of allylic oxidation sites excluding steroid dienone is 3. The molecule has 4 heteroatoms.